The zero-order valence-corrected chi connectivity index (χ0v) is 10.9. The summed E-state index contributed by atoms with van der Waals surface area (Å²) in [6, 6.07) is 14.7. The second-order valence-corrected chi connectivity index (χ2v) is 4.40. The van der Waals surface area contributed by atoms with Crippen molar-refractivity contribution in [3.63, 3.8) is 0 Å². The van der Waals surface area contributed by atoms with Crippen LogP contribution in [0.1, 0.15) is 30.6 Å². The van der Waals surface area contributed by atoms with Gasteiger partial charge >= 0.3 is 0 Å². The van der Waals surface area contributed by atoms with E-state index in [0.29, 0.717) is 17.9 Å². The van der Waals surface area contributed by atoms with Crippen LogP contribution in [-0.2, 0) is 6.61 Å². The molecule has 0 aliphatic rings. The van der Waals surface area contributed by atoms with Crippen molar-refractivity contribution in [3.05, 3.63) is 59.7 Å². The standard InChI is InChI=1S/C16H18O3/c1-2-16(18)13-6-8-14(9-7-13)19-15-5-3-4-12(10-15)11-17/h3-10,16-18H,2,11H2,1H3/t16-/m0/s1. The molecule has 19 heavy (non-hydrogen) atoms. The first-order chi connectivity index (χ1) is 9.22. The van der Waals surface area contributed by atoms with E-state index in [1.807, 2.05) is 49.4 Å². The Morgan fingerprint density at radius 2 is 1.79 bits per heavy atom. The van der Waals surface area contributed by atoms with Gasteiger partial charge in [0.05, 0.1) is 12.7 Å². The van der Waals surface area contributed by atoms with Crippen LogP contribution in [-0.4, -0.2) is 10.2 Å². The zero-order chi connectivity index (χ0) is 13.7. The summed E-state index contributed by atoms with van der Waals surface area (Å²) in [7, 11) is 0. The van der Waals surface area contributed by atoms with E-state index in [9.17, 15) is 5.11 Å². The molecule has 2 aromatic carbocycles. The molecule has 0 aliphatic heterocycles. The predicted octanol–water partition coefficient (Wildman–Crippen LogP) is 3.41. The van der Waals surface area contributed by atoms with Crippen LogP contribution in [0.3, 0.4) is 0 Å². The van der Waals surface area contributed by atoms with Crippen LogP contribution in [0, 0.1) is 0 Å². The highest BCUT2D eigenvalue weighted by Crippen LogP contribution is 2.25. The van der Waals surface area contributed by atoms with Gasteiger partial charge in [-0.1, -0.05) is 31.2 Å². The fourth-order valence-electron chi connectivity index (χ4n) is 1.84. The third-order valence-corrected chi connectivity index (χ3v) is 2.97. The average molecular weight is 258 g/mol. The van der Waals surface area contributed by atoms with Crippen molar-refractivity contribution < 1.29 is 14.9 Å². The summed E-state index contributed by atoms with van der Waals surface area (Å²) >= 11 is 0. The molecular formula is C16H18O3. The molecule has 100 valence electrons. The largest absolute Gasteiger partial charge is 0.457 e. The summed E-state index contributed by atoms with van der Waals surface area (Å²) in [5, 5.41) is 18.8. The van der Waals surface area contributed by atoms with Gasteiger partial charge in [-0.2, -0.15) is 0 Å². The summed E-state index contributed by atoms with van der Waals surface area (Å²) in [4.78, 5) is 0. The normalized spacial score (nSPS) is 12.2. The molecule has 0 unspecified atom stereocenters. The minimum Gasteiger partial charge on any atom is -0.457 e. The van der Waals surface area contributed by atoms with Crippen LogP contribution < -0.4 is 4.74 Å². The highest BCUT2D eigenvalue weighted by molar-refractivity contribution is 5.35. The van der Waals surface area contributed by atoms with Crippen LogP contribution in [0.5, 0.6) is 11.5 Å². The third kappa shape index (κ3) is 3.56. The van der Waals surface area contributed by atoms with E-state index < -0.39 is 6.10 Å². The Bertz CT molecular complexity index is 520. The Morgan fingerprint density at radius 1 is 1.05 bits per heavy atom. The van der Waals surface area contributed by atoms with Gasteiger partial charge in [0.25, 0.3) is 0 Å². The van der Waals surface area contributed by atoms with Gasteiger partial charge in [-0.25, -0.2) is 0 Å². The van der Waals surface area contributed by atoms with E-state index >= 15 is 0 Å². The van der Waals surface area contributed by atoms with Gasteiger partial charge in [-0.15, -0.1) is 0 Å². The molecule has 0 heterocycles. The first-order valence-corrected chi connectivity index (χ1v) is 6.38. The fourth-order valence-corrected chi connectivity index (χ4v) is 1.84. The predicted molar refractivity (Wildman–Crippen MR) is 74.1 cm³/mol. The Morgan fingerprint density at radius 3 is 2.42 bits per heavy atom. The SMILES string of the molecule is CC[C@H](O)c1ccc(Oc2cccc(CO)c2)cc1. The van der Waals surface area contributed by atoms with E-state index in [1.165, 1.54) is 0 Å². The van der Waals surface area contributed by atoms with E-state index in [0.717, 1.165) is 11.1 Å². The van der Waals surface area contributed by atoms with Crippen molar-refractivity contribution >= 4 is 0 Å². The Balaban J connectivity index is 2.10. The Kier molecular flexibility index (Phi) is 4.55. The first kappa shape index (κ1) is 13.6. The number of hydrogen-bond acceptors (Lipinski definition) is 3. The van der Waals surface area contributed by atoms with Crippen LogP contribution in [0.4, 0.5) is 0 Å². The van der Waals surface area contributed by atoms with Gasteiger partial charge in [0.2, 0.25) is 0 Å². The lowest BCUT2D eigenvalue weighted by atomic mass is 10.1. The number of rotatable bonds is 5. The third-order valence-electron chi connectivity index (χ3n) is 2.97. The van der Waals surface area contributed by atoms with Crippen molar-refractivity contribution in [2.75, 3.05) is 0 Å². The molecule has 3 nitrogen and oxygen atoms in total. The van der Waals surface area contributed by atoms with Crippen LogP contribution in [0.15, 0.2) is 48.5 Å². The number of aliphatic hydroxyl groups excluding tert-OH is 2. The van der Waals surface area contributed by atoms with Crippen LogP contribution in [0.2, 0.25) is 0 Å². The minimum atomic E-state index is -0.424. The fraction of sp³-hybridized carbons (Fsp3) is 0.250. The molecule has 0 radical (unpaired) electrons. The lowest BCUT2D eigenvalue weighted by Crippen LogP contribution is -1.94. The van der Waals surface area contributed by atoms with E-state index in [4.69, 9.17) is 9.84 Å². The van der Waals surface area contributed by atoms with Crippen molar-refractivity contribution in [1.29, 1.82) is 0 Å². The van der Waals surface area contributed by atoms with E-state index in [1.54, 1.807) is 6.07 Å². The zero-order valence-electron chi connectivity index (χ0n) is 10.9. The van der Waals surface area contributed by atoms with Gasteiger partial charge in [-0.3, -0.25) is 0 Å². The average Bonchev–Trinajstić information content (AvgIpc) is 2.47. The number of ether oxygens (including phenoxy) is 1. The quantitative estimate of drug-likeness (QED) is 0.864. The second-order valence-electron chi connectivity index (χ2n) is 4.40. The minimum absolute atomic E-state index is 0.00116. The molecule has 0 amide bonds. The molecule has 2 aromatic rings. The molecule has 0 saturated heterocycles. The summed E-state index contributed by atoms with van der Waals surface area (Å²) < 4.78 is 5.70. The van der Waals surface area contributed by atoms with Crippen molar-refractivity contribution in [1.82, 2.24) is 0 Å². The number of hydrogen-bond donors (Lipinski definition) is 2. The Hall–Kier alpha value is -1.84. The smallest absolute Gasteiger partial charge is 0.127 e. The molecule has 0 aromatic heterocycles. The maximum absolute atomic E-state index is 9.71. The van der Waals surface area contributed by atoms with Gasteiger partial charge in [0.15, 0.2) is 0 Å². The lowest BCUT2D eigenvalue weighted by molar-refractivity contribution is 0.173. The summed E-state index contributed by atoms with van der Waals surface area (Å²) in [5.74, 6) is 1.40. The first-order valence-electron chi connectivity index (χ1n) is 6.38. The molecule has 2 N–H and O–H groups in total. The molecule has 0 aliphatic carbocycles. The van der Waals surface area contributed by atoms with Gasteiger partial charge in [0.1, 0.15) is 11.5 Å². The molecule has 0 saturated carbocycles. The summed E-state index contributed by atoms with van der Waals surface area (Å²) in [6.45, 7) is 1.94. The van der Waals surface area contributed by atoms with Gasteiger partial charge in [0, 0.05) is 0 Å². The molecule has 3 heteroatoms. The van der Waals surface area contributed by atoms with Gasteiger partial charge in [-0.05, 0) is 41.8 Å². The lowest BCUT2D eigenvalue weighted by Gasteiger charge is -2.10. The highest BCUT2D eigenvalue weighted by atomic mass is 16.5. The van der Waals surface area contributed by atoms with E-state index in [-0.39, 0.29) is 6.61 Å². The highest BCUT2D eigenvalue weighted by Gasteiger charge is 2.05. The number of benzene rings is 2. The van der Waals surface area contributed by atoms with Crippen molar-refractivity contribution in [2.45, 2.75) is 26.1 Å². The molecular weight excluding hydrogens is 240 g/mol. The van der Waals surface area contributed by atoms with Crippen molar-refractivity contribution in [3.8, 4) is 11.5 Å². The molecule has 0 spiro atoms. The maximum Gasteiger partial charge on any atom is 0.127 e. The van der Waals surface area contributed by atoms with Crippen LogP contribution >= 0.6 is 0 Å². The monoisotopic (exact) mass is 258 g/mol. The Labute approximate surface area is 113 Å². The van der Waals surface area contributed by atoms with Crippen LogP contribution in [0.25, 0.3) is 0 Å². The van der Waals surface area contributed by atoms with E-state index in [2.05, 4.69) is 0 Å². The summed E-state index contributed by atoms with van der Waals surface area (Å²) in [5.41, 5.74) is 1.70. The topological polar surface area (TPSA) is 49.7 Å². The maximum atomic E-state index is 9.71. The van der Waals surface area contributed by atoms with Gasteiger partial charge < -0.3 is 14.9 Å². The molecule has 0 fully saturated rings. The molecule has 1 atom stereocenters. The number of aliphatic hydroxyl groups is 2. The summed E-state index contributed by atoms with van der Waals surface area (Å²) in [6.07, 6.45) is 0.269. The molecule has 0 bridgehead atoms. The van der Waals surface area contributed by atoms with Crippen molar-refractivity contribution in [2.24, 2.45) is 0 Å². The molecule has 2 rings (SSSR count). The second kappa shape index (κ2) is 6.36.